The molecule has 1 amide bonds. The van der Waals surface area contributed by atoms with Gasteiger partial charge in [-0.15, -0.1) is 0 Å². The summed E-state index contributed by atoms with van der Waals surface area (Å²) in [7, 11) is 3.06. The molecule has 1 aromatic carbocycles. The molecule has 3 nitrogen and oxygen atoms in total. The quantitative estimate of drug-likeness (QED) is 0.695. The number of methoxy groups -OCH3 is 1. The van der Waals surface area contributed by atoms with E-state index in [0.717, 1.165) is 0 Å². The van der Waals surface area contributed by atoms with Crippen molar-refractivity contribution < 1.29 is 9.53 Å². The van der Waals surface area contributed by atoms with Gasteiger partial charge >= 0.3 is 0 Å². The number of ether oxygens (including phenoxy) is 1. The first-order valence-electron chi connectivity index (χ1n) is 3.48. The van der Waals surface area contributed by atoms with Crippen molar-refractivity contribution in [2.75, 3.05) is 14.2 Å². The standard InChI is InChI=1S/C9H9NO2/c1-10-9(11)7-5-3-4-6-8(7)12-2/h3,5H,1-2H3,(H,10,11). The Morgan fingerprint density at radius 3 is 3.00 bits per heavy atom. The molecule has 0 aliphatic heterocycles. The monoisotopic (exact) mass is 163 g/mol. The summed E-state index contributed by atoms with van der Waals surface area (Å²) in [4.78, 5) is 11.2. The fourth-order valence-electron chi connectivity index (χ4n) is 0.850. The lowest BCUT2D eigenvalue weighted by molar-refractivity contribution is 0.0960. The fourth-order valence-corrected chi connectivity index (χ4v) is 0.850. The van der Waals surface area contributed by atoms with Gasteiger partial charge < -0.3 is 10.1 Å². The lowest BCUT2D eigenvalue weighted by atomic mass is 10.2. The Kier molecular flexibility index (Phi) is 2.54. The van der Waals surface area contributed by atoms with Crippen LogP contribution in [-0.4, -0.2) is 20.1 Å². The van der Waals surface area contributed by atoms with E-state index in [2.05, 4.69) is 17.4 Å². The molecular formula is C9H9NO2. The van der Waals surface area contributed by atoms with Crippen LogP contribution >= 0.6 is 0 Å². The van der Waals surface area contributed by atoms with E-state index in [0.29, 0.717) is 11.3 Å². The van der Waals surface area contributed by atoms with E-state index in [1.807, 2.05) is 0 Å². The van der Waals surface area contributed by atoms with Gasteiger partial charge in [0.25, 0.3) is 5.91 Å². The molecule has 1 rings (SSSR count). The van der Waals surface area contributed by atoms with Crippen molar-refractivity contribution in [3.8, 4) is 5.75 Å². The lowest BCUT2D eigenvalue weighted by Crippen LogP contribution is -2.18. The SMILES string of the molecule is CNC(=O)c1ccc#cc1OC. The first-order chi connectivity index (χ1) is 5.79. The highest BCUT2D eigenvalue weighted by atomic mass is 16.5. The molecule has 0 aromatic heterocycles. The molecule has 62 valence electrons. The number of hydrogen-bond donors (Lipinski definition) is 1. The van der Waals surface area contributed by atoms with E-state index >= 15 is 0 Å². The normalized spacial score (nSPS) is 8.50. The Morgan fingerprint density at radius 1 is 1.67 bits per heavy atom. The largest absolute Gasteiger partial charge is 0.488 e. The summed E-state index contributed by atoms with van der Waals surface area (Å²) in [5.74, 6) is 0.231. The van der Waals surface area contributed by atoms with Crippen molar-refractivity contribution in [1.82, 2.24) is 5.32 Å². The van der Waals surface area contributed by atoms with Crippen LogP contribution in [0.15, 0.2) is 12.1 Å². The van der Waals surface area contributed by atoms with Crippen LogP contribution in [-0.2, 0) is 0 Å². The molecule has 0 radical (unpaired) electrons. The zero-order valence-electron chi connectivity index (χ0n) is 6.97. The predicted molar refractivity (Wildman–Crippen MR) is 44.1 cm³/mol. The van der Waals surface area contributed by atoms with Gasteiger partial charge in [-0.2, -0.15) is 0 Å². The maximum absolute atomic E-state index is 11.2. The number of rotatable bonds is 2. The Labute approximate surface area is 71.4 Å². The van der Waals surface area contributed by atoms with Crippen LogP contribution in [0.5, 0.6) is 5.75 Å². The van der Waals surface area contributed by atoms with E-state index in [-0.39, 0.29) is 5.91 Å². The molecule has 1 N–H and O–H groups in total. The van der Waals surface area contributed by atoms with Crippen molar-refractivity contribution in [2.24, 2.45) is 0 Å². The van der Waals surface area contributed by atoms with Gasteiger partial charge in [-0.05, 0) is 18.2 Å². The van der Waals surface area contributed by atoms with Crippen molar-refractivity contribution in [3.05, 3.63) is 29.8 Å². The number of carbonyl (C=O) groups is 1. The minimum atomic E-state index is -0.183. The van der Waals surface area contributed by atoms with E-state index in [4.69, 9.17) is 4.74 Å². The average Bonchev–Trinajstić information content (AvgIpc) is 2.16. The van der Waals surface area contributed by atoms with Crippen molar-refractivity contribution >= 4 is 5.91 Å². The topological polar surface area (TPSA) is 38.3 Å². The minimum absolute atomic E-state index is 0.183. The van der Waals surface area contributed by atoms with Gasteiger partial charge in [0.05, 0.1) is 12.7 Å². The Balaban J connectivity index is 3.04. The number of nitrogens with one attached hydrogen (secondary N) is 1. The third-order valence-electron chi connectivity index (χ3n) is 1.44. The maximum Gasteiger partial charge on any atom is 0.255 e. The van der Waals surface area contributed by atoms with Crippen LogP contribution in [0, 0.1) is 12.1 Å². The zero-order chi connectivity index (χ0) is 8.97. The van der Waals surface area contributed by atoms with Gasteiger partial charge in [0.1, 0.15) is 0 Å². The van der Waals surface area contributed by atoms with Gasteiger partial charge in [-0.3, -0.25) is 4.79 Å². The molecule has 0 unspecified atom stereocenters. The van der Waals surface area contributed by atoms with Crippen molar-refractivity contribution in [2.45, 2.75) is 0 Å². The third kappa shape index (κ3) is 1.48. The molecule has 1 aromatic rings. The Bertz CT molecular complexity index is 284. The van der Waals surface area contributed by atoms with Crippen LogP contribution in [0.2, 0.25) is 0 Å². The second-order valence-electron chi connectivity index (χ2n) is 2.13. The van der Waals surface area contributed by atoms with Crippen LogP contribution in [0.3, 0.4) is 0 Å². The van der Waals surface area contributed by atoms with Crippen LogP contribution in [0.1, 0.15) is 10.4 Å². The highest BCUT2D eigenvalue weighted by molar-refractivity contribution is 5.96. The molecule has 12 heavy (non-hydrogen) atoms. The molecule has 3 heteroatoms. The second kappa shape index (κ2) is 3.63. The second-order valence-corrected chi connectivity index (χ2v) is 2.13. The average molecular weight is 163 g/mol. The van der Waals surface area contributed by atoms with Gasteiger partial charge in [0.15, 0.2) is 5.75 Å². The van der Waals surface area contributed by atoms with Crippen molar-refractivity contribution in [1.29, 1.82) is 0 Å². The van der Waals surface area contributed by atoms with E-state index in [9.17, 15) is 4.79 Å². The lowest BCUT2D eigenvalue weighted by Gasteiger charge is -2.02. The minimum Gasteiger partial charge on any atom is -0.488 e. The molecule has 0 spiro atoms. The first kappa shape index (κ1) is 8.41. The molecule has 0 aliphatic carbocycles. The molecule has 0 heterocycles. The number of carbonyl (C=O) groups excluding carboxylic acids is 1. The number of amides is 1. The smallest absolute Gasteiger partial charge is 0.255 e. The van der Waals surface area contributed by atoms with Crippen LogP contribution in [0.4, 0.5) is 0 Å². The van der Waals surface area contributed by atoms with E-state index < -0.39 is 0 Å². The highest BCUT2D eigenvalue weighted by Crippen LogP contribution is 2.12. The molecule has 0 saturated heterocycles. The van der Waals surface area contributed by atoms with Gasteiger partial charge in [0.2, 0.25) is 0 Å². The number of hydrogen-bond acceptors (Lipinski definition) is 2. The molecule has 0 saturated carbocycles. The summed E-state index contributed by atoms with van der Waals surface area (Å²) in [5.41, 5.74) is 0.471. The van der Waals surface area contributed by atoms with E-state index in [1.165, 1.54) is 7.11 Å². The molecule has 0 fully saturated rings. The Hall–Kier alpha value is -1.69. The van der Waals surface area contributed by atoms with Crippen LogP contribution in [0.25, 0.3) is 0 Å². The summed E-state index contributed by atoms with van der Waals surface area (Å²) >= 11 is 0. The van der Waals surface area contributed by atoms with Gasteiger partial charge in [0, 0.05) is 7.05 Å². The maximum atomic E-state index is 11.2. The summed E-state index contributed by atoms with van der Waals surface area (Å²) in [5, 5.41) is 2.50. The highest BCUT2D eigenvalue weighted by Gasteiger charge is 2.07. The fraction of sp³-hybridized carbons (Fsp3) is 0.222. The summed E-state index contributed by atoms with van der Waals surface area (Å²) < 4.78 is 4.92. The third-order valence-corrected chi connectivity index (χ3v) is 1.44. The summed E-state index contributed by atoms with van der Waals surface area (Å²) in [6.45, 7) is 0. The van der Waals surface area contributed by atoms with Crippen LogP contribution < -0.4 is 10.1 Å². The molecule has 0 atom stereocenters. The predicted octanol–water partition coefficient (Wildman–Crippen LogP) is 0.655. The van der Waals surface area contributed by atoms with Gasteiger partial charge in [-0.25, -0.2) is 0 Å². The zero-order valence-corrected chi connectivity index (χ0v) is 6.97. The molecular weight excluding hydrogens is 154 g/mol. The molecule has 0 bridgehead atoms. The first-order valence-corrected chi connectivity index (χ1v) is 3.48. The van der Waals surface area contributed by atoms with Crippen molar-refractivity contribution in [3.63, 3.8) is 0 Å². The van der Waals surface area contributed by atoms with Gasteiger partial charge in [-0.1, -0.05) is 6.07 Å². The Morgan fingerprint density at radius 2 is 2.42 bits per heavy atom. The summed E-state index contributed by atoms with van der Waals surface area (Å²) in [6.07, 6.45) is 0. The molecule has 0 aliphatic rings. The van der Waals surface area contributed by atoms with E-state index in [1.54, 1.807) is 19.2 Å². The summed E-state index contributed by atoms with van der Waals surface area (Å²) in [6, 6.07) is 8.65.